The maximum atomic E-state index is 12.5. The fourth-order valence-corrected chi connectivity index (χ4v) is 3.15. The van der Waals surface area contributed by atoms with Crippen molar-refractivity contribution in [2.24, 2.45) is 0 Å². The average Bonchev–Trinajstić information content (AvgIpc) is 2.70. The van der Waals surface area contributed by atoms with E-state index in [2.05, 4.69) is 0 Å². The molecule has 4 rings (SSSR count). The summed E-state index contributed by atoms with van der Waals surface area (Å²) in [6.45, 7) is -0.272. The highest BCUT2D eigenvalue weighted by Gasteiger charge is 2.39. The van der Waals surface area contributed by atoms with Crippen LogP contribution in [0.15, 0.2) is 45.6 Å². The summed E-state index contributed by atoms with van der Waals surface area (Å²) in [6.07, 6.45) is -5.63. The van der Waals surface area contributed by atoms with E-state index in [1.165, 1.54) is 24.3 Å². The van der Waals surface area contributed by atoms with Gasteiger partial charge in [-0.15, -0.1) is 0 Å². The number of fused-ring (bicyclic) bond motifs is 1. The minimum absolute atomic E-state index is 0.0264. The molecule has 0 saturated carbocycles. The first-order valence-electron chi connectivity index (χ1n) is 8.90. The molecule has 1 aliphatic heterocycles. The molecule has 0 spiro atoms. The third kappa shape index (κ3) is 3.53. The lowest BCUT2D eigenvalue weighted by molar-refractivity contribution is -0.242. The molecule has 0 amide bonds. The van der Waals surface area contributed by atoms with Gasteiger partial charge in [0, 0.05) is 23.8 Å². The van der Waals surface area contributed by atoms with E-state index in [4.69, 9.17) is 13.9 Å². The average molecular weight is 418 g/mol. The summed E-state index contributed by atoms with van der Waals surface area (Å²) >= 11 is 0. The van der Waals surface area contributed by atoms with Crippen LogP contribution in [0, 0.1) is 0 Å². The fraction of sp³-hybridized carbons (Fsp3) is 0.250. The Labute approximate surface area is 168 Å². The number of hydrogen-bond acceptors (Lipinski definition) is 10. The van der Waals surface area contributed by atoms with E-state index in [1.54, 1.807) is 0 Å². The first-order valence-corrected chi connectivity index (χ1v) is 8.90. The van der Waals surface area contributed by atoms with Crippen LogP contribution in [0.25, 0.3) is 22.3 Å². The summed E-state index contributed by atoms with van der Waals surface area (Å²) in [6, 6.07) is 7.40. The fourth-order valence-electron chi connectivity index (χ4n) is 3.15. The van der Waals surface area contributed by atoms with Gasteiger partial charge in [-0.1, -0.05) is 0 Å². The Morgan fingerprint density at radius 1 is 0.900 bits per heavy atom. The number of benzene rings is 2. The Hall–Kier alpha value is -3.31. The maximum absolute atomic E-state index is 12.5. The molecule has 2 heterocycles. The van der Waals surface area contributed by atoms with E-state index < -0.39 is 41.5 Å². The van der Waals surface area contributed by atoms with Gasteiger partial charge in [0.25, 0.3) is 0 Å². The highest BCUT2D eigenvalue weighted by atomic mass is 16.7. The molecule has 3 aromatic rings. The van der Waals surface area contributed by atoms with Gasteiger partial charge in [0.2, 0.25) is 6.29 Å². The zero-order valence-electron chi connectivity index (χ0n) is 15.3. The molecule has 6 N–H and O–H groups in total. The quantitative estimate of drug-likeness (QED) is 0.327. The number of rotatable bonds is 3. The number of hydrogen-bond donors (Lipinski definition) is 6. The van der Waals surface area contributed by atoms with Crippen LogP contribution in [0.1, 0.15) is 0 Å². The molecule has 10 heteroatoms. The van der Waals surface area contributed by atoms with Gasteiger partial charge in [-0.05, 0) is 18.2 Å². The third-order valence-corrected chi connectivity index (χ3v) is 4.75. The number of phenolic OH excluding ortho intramolecular Hbond substituents is 3. The van der Waals surface area contributed by atoms with Gasteiger partial charge in [0.05, 0.1) is 6.61 Å². The highest BCUT2D eigenvalue weighted by molar-refractivity contribution is 5.86. The van der Waals surface area contributed by atoms with Crippen molar-refractivity contribution in [1.29, 1.82) is 0 Å². The van der Waals surface area contributed by atoms with Crippen molar-refractivity contribution in [3.63, 3.8) is 0 Å². The molecule has 1 fully saturated rings. The van der Waals surface area contributed by atoms with Crippen LogP contribution in [-0.2, 0) is 4.74 Å². The topological polar surface area (TPSA) is 170 Å². The van der Waals surface area contributed by atoms with E-state index in [0.717, 1.165) is 12.1 Å². The van der Waals surface area contributed by atoms with Crippen LogP contribution in [0.5, 0.6) is 23.0 Å². The van der Waals surface area contributed by atoms with Crippen molar-refractivity contribution in [3.05, 3.63) is 46.6 Å². The lowest BCUT2D eigenvalue weighted by Crippen LogP contribution is -2.54. The van der Waals surface area contributed by atoms with Crippen LogP contribution in [0.4, 0.5) is 0 Å². The number of aliphatic hydroxyl groups is 3. The Bertz CT molecular complexity index is 1150. The van der Waals surface area contributed by atoms with Crippen molar-refractivity contribution in [3.8, 4) is 34.3 Å². The van der Waals surface area contributed by atoms with E-state index in [9.17, 15) is 35.4 Å². The number of phenols is 3. The van der Waals surface area contributed by atoms with Crippen LogP contribution in [0.2, 0.25) is 0 Å². The largest absolute Gasteiger partial charge is 0.507 e. The molecule has 10 nitrogen and oxygen atoms in total. The summed E-state index contributed by atoms with van der Waals surface area (Å²) < 4.78 is 16.3. The molecular formula is C20H18O10. The second-order valence-corrected chi connectivity index (χ2v) is 6.86. The minimum atomic E-state index is -1.55. The molecule has 0 aliphatic carbocycles. The van der Waals surface area contributed by atoms with Gasteiger partial charge in [0.15, 0.2) is 16.9 Å². The Morgan fingerprint density at radius 2 is 1.67 bits per heavy atom. The number of aromatic hydroxyl groups is 3. The molecule has 158 valence electrons. The standard InChI is InChI=1S/C20H18O10/c21-10-2-1-8(3-11(10)22)15-6-13(24)17-12(23)4-9(5-16(17)30-15)29-20-19(27)18(26)14(25)7-28-20/h1-6,14,18-23,25-27H,7H2/t14-,18+,19+,20-/m1/s1. The minimum Gasteiger partial charge on any atom is -0.507 e. The maximum Gasteiger partial charge on any atom is 0.228 e. The normalized spacial score (nSPS) is 24.1. The monoisotopic (exact) mass is 418 g/mol. The third-order valence-electron chi connectivity index (χ3n) is 4.75. The molecule has 1 aromatic heterocycles. The smallest absolute Gasteiger partial charge is 0.228 e. The molecule has 0 radical (unpaired) electrons. The summed E-state index contributed by atoms with van der Waals surface area (Å²) in [5, 5.41) is 58.5. The van der Waals surface area contributed by atoms with Crippen LogP contribution < -0.4 is 10.2 Å². The van der Waals surface area contributed by atoms with E-state index in [1.807, 2.05) is 0 Å². The van der Waals surface area contributed by atoms with Gasteiger partial charge in [0.1, 0.15) is 46.5 Å². The molecule has 4 atom stereocenters. The van der Waals surface area contributed by atoms with Crippen molar-refractivity contribution < 1.29 is 44.5 Å². The van der Waals surface area contributed by atoms with E-state index in [0.29, 0.717) is 5.56 Å². The predicted molar refractivity (Wildman–Crippen MR) is 101 cm³/mol. The van der Waals surface area contributed by atoms with Gasteiger partial charge in [-0.2, -0.15) is 0 Å². The highest BCUT2D eigenvalue weighted by Crippen LogP contribution is 2.34. The number of ether oxygens (including phenoxy) is 2. The first-order chi connectivity index (χ1) is 14.2. The van der Waals surface area contributed by atoms with Crippen LogP contribution >= 0.6 is 0 Å². The van der Waals surface area contributed by atoms with Gasteiger partial charge in [-0.25, -0.2) is 0 Å². The predicted octanol–water partition coefficient (Wildman–Crippen LogP) is 0.395. The van der Waals surface area contributed by atoms with Crippen molar-refractivity contribution >= 4 is 11.0 Å². The van der Waals surface area contributed by atoms with Crippen LogP contribution in [-0.4, -0.2) is 61.8 Å². The second-order valence-electron chi connectivity index (χ2n) is 6.86. The Kier molecular flexibility index (Phi) is 5.00. The van der Waals surface area contributed by atoms with Gasteiger partial charge in [-0.3, -0.25) is 4.79 Å². The Balaban J connectivity index is 1.73. The Morgan fingerprint density at radius 3 is 2.40 bits per heavy atom. The van der Waals surface area contributed by atoms with Crippen LogP contribution in [0.3, 0.4) is 0 Å². The van der Waals surface area contributed by atoms with Crippen molar-refractivity contribution in [2.75, 3.05) is 6.61 Å². The summed E-state index contributed by atoms with van der Waals surface area (Å²) in [4.78, 5) is 12.5. The zero-order chi connectivity index (χ0) is 21.6. The number of aliphatic hydroxyl groups excluding tert-OH is 3. The lowest BCUT2D eigenvalue weighted by atomic mass is 10.1. The summed E-state index contributed by atoms with van der Waals surface area (Å²) in [5.41, 5.74) is -0.306. The molecule has 1 saturated heterocycles. The van der Waals surface area contributed by atoms with Gasteiger partial charge < -0.3 is 44.5 Å². The molecule has 30 heavy (non-hydrogen) atoms. The lowest BCUT2D eigenvalue weighted by Gasteiger charge is -2.34. The SMILES string of the molecule is O=c1cc(-c2ccc(O)c(O)c2)oc2cc(O[C@H]3OC[C@@H](O)[C@H](O)[C@@H]3O)cc(O)c12. The molecule has 2 aromatic carbocycles. The summed E-state index contributed by atoms with van der Waals surface area (Å²) in [5.74, 6) is -1.15. The zero-order valence-corrected chi connectivity index (χ0v) is 15.3. The molecule has 0 bridgehead atoms. The van der Waals surface area contributed by atoms with Crippen molar-refractivity contribution in [2.45, 2.75) is 24.6 Å². The van der Waals surface area contributed by atoms with E-state index >= 15 is 0 Å². The van der Waals surface area contributed by atoms with E-state index in [-0.39, 0.29) is 34.8 Å². The van der Waals surface area contributed by atoms with Gasteiger partial charge >= 0.3 is 0 Å². The summed E-state index contributed by atoms with van der Waals surface area (Å²) in [7, 11) is 0. The molecule has 1 aliphatic rings. The first kappa shape index (κ1) is 20.0. The molecule has 0 unspecified atom stereocenters. The second kappa shape index (κ2) is 7.50. The van der Waals surface area contributed by atoms with Crippen molar-refractivity contribution in [1.82, 2.24) is 0 Å². The molecular weight excluding hydrogens is 400 g/mol.